The summed E-state index contributed by atoms with van der Waals surface area (Å²) >= 11 is 5.53. The van der Waals surface area contributed by atoms with Crippen molar-refractivity contribution in [2.75, 3.05) is 5.32 Å². The smallest absolute Gasteiger partial charge is 0.417 e. The van der Waals surface area contributed by atoms with E-state index in [9.17, 15) is 18.3 Å². The van der Waals surface area contributed by atoms with Gasteiger partial charge in [-0.2, -0.15) is 13.2 Å². The third-order valence-electron chi connectivity index (χ3n) is 2.82. The van der Waals surface area contributed by atoms with E-state index < -0.39 is 11.7 Å². The first kappa shape index (κ1) is 15.3. The van der Waals surface area contributed by atoms with Crippen LogP contribution in [0.25, 0.3) is 0 Å². The van der Waals surface area contributed by atoms with Gasteiger partial charge in [-0.15, -0.1) is 0 Å². The zero-order valence-corrected chi connectivity index (χ0v) is 11.3. The van der Waals surface area contributed by atoms with Crippen molar-refractivity contribution in [3.05, 3.63) is 52.5 Å². The van der Waals surface area contributed by atoms with Crippen LogP contribution in [0.3, 0.4) is 0 Å². The Bertz CT molecular complexity index is 659. The fraction of sp³-hybridized carbons (Fsp3) is 0.143. The number of halogens is 4. The van der Waals surface area contributed by atoms with Gasteiger partial charge in [0.1, 0.15) is 11.5 Å². The van der Waals surface area contributed by atoms with Gasteiger partial charge in [0.2, 0.25) is 0 Å². The van der Waals surface area contributed by atoms with Crippen LogP contribution in [-0.2, 0) is 12.7 Å². The molecule has 0 fully saturated rings. The second kappa shape index (κ2) is 5.73. The molecule has 7 heteroatoms. The highest BCUT2D eigenvalue weighted by molar-refractivity contribution is 6.31. The number of hydrogen-bond acceptors (Lipinski definition) is 3. The lowest BCUT2D eigenvalue weighted by Gasteiger charge is -2.13. The van der Waals surface area contributed by atoms with Gasteiger partial charge in [0.05, 0.1) is 10.6 Å². The predicted octanol–water partition coefficient (Wildman–Crippen LogP) is 4.38. The molecule has 0 bridgehead atoms. The first-order valence-electron chi connectivity index (χ1n) is 5.89. The fourth-order valence-electron chi connectivity index (χ4n) is 1.75. The third-order valence-corrected chi connectivity index (χ3v) is 3.15. The average Bonchev–Trinajstić information content (AvgIpc) is 2.38. The van der Waals surface area contributed by atoms with Crippen LogP contribution in [0.4, 0.5) is 18.9 Å². The van der Waals surface area contributed by atoms with Gasteiger partial charge in [0.15, 0.2) is 0 Å². The molecule has 0 aliphatic heterocycles. The van der Waals surface area contributed by atoms with Crippen molar-refractivity contribution in [1.29, 1.82) is 0 Å². The minimum absolute atomic E-state index is 0.0953. The Morgan fingerprint density at radius 2 is 1.76 bits per heavy atom. The largest absolute Gasteiger partial charge is 0.508 e. The second-order valence-corrected chi connectivity index (χ2v) is 4.77. The van der Waals surface area contributed by atoms with Crippen LogP contribution < -0.4 is 5.32 Å². The molecule has 0 saturated heterocycles. The molecule has 2 aromatic rings. The fourth-order valence-corrected chi connectivity index (χ4v) is 1.98. The summed E-state index contributed by atoms with van der Waals surface area (Å²) in [5, 5.41) is 21.1. The summed E-state index contributed by atoms with van der Waals surface area (Å²) in [6, 6.07) is 7.47. The summed E-state index contributed by atoms with van der Waals surface area (Å²) in [6.45, 7) is 0.102. The van der Waals surface area contributed by atoms with Gasteiger partial charge in [-0.25, -0.2) is 0 Å². The van der Waals surface area contributed by atoms with Crippen LogP contribution in [0.2, 0.25) is 5.02 Å². The van der Waals surface area contributed by atoms with Gasteiger partial charge in [-0.05, 0) is 30.3 Å². The van der Waals surface area contributed by atoms with E-state index in [0.717, 1.165) is 18.2 Å². The third kappa shape index (κ3) is 3.72. The van der Waals surface area contributed by atoms with Crippen LogP contribution in [0.15, 0.2) is 36.4 Å². The molecule has 0 aliphatic rings. The standard InChI is InChI=1S/C14H11ClF3NO2/c15-12-4-2-9(5-11(12)14(16,17)18)19-7-8-1-3-10(20)6-13(8)21/h1-6,19-21H,7H2. The van der Waals surface area contributed by atoms with Crippen LogP contribution in [0, 0.1) is 0 Å². The van der Waals surface area contributed by atoms with E-state index >= 15 is 0 Å². The van der Waals surface area contributed by atoms with Gasteiger partial charge in [-0.3, -0.25) is 0 Å². The zero-order valence-electron chi connectivity index (χ0n) is 10.6. The Labute approximate surface area is 123 Å². The summed E-state index contributed by atoms with van der Waals surface area (Å²) in [7, 11) is 0. The van der Waals surface area contributed by atoms with Crippen molar-refractivity contribution >= 4 is 17.3 Å². The maximum atomic E-state index is 12.7. The van der Waals surface area contributed by atoms with Gasteiger partial charge >= 0.3 is 6.18 Å². The highest BCUT2D eigenvalue weighted by atomic mass is 35.5. The molecule has 0 radical (unpaired) electrons. The Kier molecular flexibility index (Phi) is 4.18. The predicted molar refractivity (Wildman–Crippen MR) is 73.6 cm³/mol. The Balaban J connectivity index is 2.17. The van der Waals surface area contributed by atoms with E-state index in [2.05, 4.69) is 5.32 Å². The monoisotopic (exact) mass is 317 g/mol. The van der Waals surface area contributed by atoms with Crippen LogP contribution in [0.1, 0.15) is 11.1 Å². The van der Waals surface area contributed by atoms with E-state index in [0.29, 0.717) is 5.56 Å². The molecule has 0 aromatic heterocycles. The lowest BCUT2D eigenvalue weighted by Crippen LogP contribution is -2.07. The molecule has 3 N–H and O–H groups in total. The number of nitrogens with one attached hydrogen (secondary N) is 1. The highest BCUT2D eigenvalue weighted by Gasteiger charge is 2.33. The Morgan fingerprint density at radius 3 is 2.38 bits per heavy atom. The van der Waals surface area contributed by atoms with Gasteiger partial charge in [0.25, 0.3) is 0 Å². The molecule has 0 amide bonds. The van der Waals surface area contributed by atoms with Gasteiger partial charge in [0, 0.05) is 23.9 Å². The van der Waals surface area contributed by atoms with Crippen molar-refractivity contribution in [2.24, 2.45) is 0 Å². The molecule has 112 valence electrons. The summed E-state index contributed by atoms with van der Waals surface area (Å²) in [5.74, 6) is -0.241. The summed E-state index contributed by atoms with van der Waals surface area (Å²) < 4.78 is 38.2. The van der Waals surface area contributed by atoms with Crippen molar-refractivity contribution < 1.29 is 23.4 Å². The molecule has 2 aromatic carbocycles. The van der Waals surface area contributed by atoms with Gasteiger partial charge < -0.3 is 15.5 Å². The molecular weight excluding hydrogens is 307 g/mol. The molecule has 0 unspecified atom stereocenters. The molecule has 0 heterocycles. The molecule has 0 saturated carbocycles. The van der Waals surface area contributed by atoms with E-state index in [1.807, 2.05) is 0 Å². The lowest BCUT2D eigenvalue weighted by atomic mass is 10.1. The Morgan fingerprint density at radius 1 is 1.05 bits per heavy atom. The van der Waals surface area contributed by atoms with Crippen molar-refractivity contribution in [1.82, 2.24) is 0 Å². The summed E-state index contributed by atoms with van der Waals surface area (Å²) in [6.07, 6.45) is -4.53. The molecular formula is C14H11ClF3NO2. The summed E-state index contributed by atoms with van der Waals surface area (Å²) in [5.41, 5.74) is -0.264. The minimum Gasteiger partial charge on any atom is -0.508 e. The zero-order chi connectivity index (χ0) is 15.6. The number of aromatic hydroxyl groups is 2. The van der Waals surface area contributed by atoms with E-state index in [-0.39, 0.29) is 28.8 Å². The number of alkyl halides is 3. The van der Waals surface area contributed by atoms with Crippen molar-refractivity contribution in [3.63, 3.8) is 0 Å². The minimum atomic E-state index is -4.53. The highest BCUT2D eigenvalue weighted by Crippen LogP contribution is 2.36. The van der Waals surface area contributed by atoms with Gasteiger partial charge in [-0.1, -0.05) is 11.6 Å². The average molecular weight is 318 g/mol. The number of hydrogen-bond donors (Lipinski definition) is 3. The van der Waals surface area contributed by atoms with E-state index in [1.165, 1.54) is 18.2 Å². The SMILES string of the molecule is Oc1ccc(CNc2ccc(Cl)c(C(F)(F)F)c2)c(O)c1. The van der Waals surface area contributed by atoms with E-state index in [4.69, 9.17) is 16.7 Å². The quantitative estimate of drug-likeness (QED) is 0.787. The number of phenols is 2. The molecule has 3 nitrogen and oxygen atoms in total. The molecule has 21 heavy (non-hydrogen) atoms. The van der Waals surface area contributed by atoms with Crippen molar-refractivity contribution in [3.8, 4) is 11.5 Å². The number of anilines is 1. The van der Waals surface area contributed by atoms with Crippen LogP contribution in [-0.4, -0.2) is 10.2 Å². The second-order valence-electron chi connectivity index (χ2n) is 4.36. The molecule has 0 spiro atoms. The summed E-state index contributed by atoms with van der Waals surface area (Å²) in [4.78, 5) is 0. The first-order chi connectivity index (χ1) is 9.77. The molecule has 2 rings (SSSR count). The van der Waals surface area contributed by atoms with E-state index in [1.54, 1.807) is 0 Å². The molecule has 0 aliphatic carbocycles. The Hall–Kier alpha value is -2.08. The lowest BCUT2D eigenvalue weighted by molar-refractivity contribution is -0.137. The number of rotatable bonds is 3. The number of benzene rings is 2. The normalized spacial score (nSPS) is 11.4. The first-order valence-corrected chi connectivity index (χ1v) is 6.26. The number of phenolic OH excluding ortho intramolecular Hbond substituents is 2. The molecule has 0 atom stereocenters. The van der Waals surface area contributed by atoms with Crippen molar-refractivity contribution in [2.45, 2.75) is 12.7 Å². The maximum absolute atomic E-state index is 12.7. The van der Waals surface area contributed by atoms with Crippen LogP contribution >= 0.6 is 11.6 Å². The van der Waals surface area contributed by atoms with Crippen LogP contribution in [0.5, 0.6) is 11.5 Å². The maximum Gasteiger partial charge on any atom is 0.417 e. The topological polar surface area (TPSA) is 52.5 Å².